The standard InChI is InChI=1S/C15H23NO4S/c1-10-5-11(2)13(12(3)6-10)7-16-21(17,18)15-9-20-8-14(15)19-4/h5-6,14-16H,7-9H2,1-4H3. The topological polar surface area (TPSA) is 64.6 Å². The Balaban J connectivity index is 2.12. The van der Waals surface area contributed by atoms with Crippen LogP contribution in [-0.4, -0.2) is 40.1 Å². The maximum Gasteiger partial charge on any atom is 0.219 e. The Hall–Kier alpha value is -0.950. The molecule has 1 saturated heterocycles. The number of benzene rings is 1. The van der Waals surface area contributed by atoms with E-state index in [0.717, 1.165) is 16.7 Å². The van der Waals surface area contributed by atoms with Crippen LogP contribution in [0.2, 0.25) is 0 Å². The summed E-state index contributed by atoms with van der Waals surface area (Å²) in [4.78, 5) is 0. The van der Waals surface area contributed by atoms with E-state index in [1.807, 2.05) is 20.8 Å². The van der Waals surface area contributed by atoms with Gasteiger partial charge in [-0.15, -0.1) is 0 Å². The van der Waals surface area contributed by atoms with Crippen molar-refractivity contribution in [1.29, 1.82) is 0 Å². The Morgan fingerprint density at radius 1 is 1.24 bits per heavy atom. The molecule has 1 aromatic carbocycles. The van der Waals surface area contributed by atoms with Crippen molar-refractivity contribution in [2.45, 2.75) is 38.7 Å². The smallest absolute Gasteiger partial charge is 0.219 e. The maximum absolute atomic E-state index is 12.4. The minimum atomic E-state index is -3.46. The maximum atomic E-state index is 12.4. The second kappa shape index (κ2) is 6.44. The molecule has 21 heavy (non-hydrogen) atoms. The van der Waals surface area contributed by atoms with Crippen molar-refractivity contribution in [2.75, 3.05) is 20.3 Å². The molecule has 0 saturated carbocycles. The van der Waals surface area contributed by atoms with Crippen LogP contribution in [0.4, 0.5) is 0 Å². The van der Waals surface area contributed by atoms with Crippen molar-refractivity contribution >= 4 is 10.0 Å². The molecule has 1 aliphatic rings. The molecule has 1 heterocycles. The highest BCUT2D eigenvalue weighted by molar-refractivity contribution is 7.90. The van der Waals surface area contributed by atoms with Crippen LogP contribution in [0.15, 0.2) is 12.1 Å². The van der Waals surface area contributed by atoms with Crippen molar-refractivity contribution in [3.8, 4) is 0 Å². The van der Waals surface area contributed by atoms with Crippen molar-refractivity contribution in [3.05, 3.63) is 34.4 Å². The molecule has 2 rings (SSSR count). The third-order valence-corrected chi connectivity index (χ3v) is 5.75. The number of hydrogen-bond acceptors (Lipinski definition) is 4. The molecule has 0 spiro atoms. The zero-order valence-electron chi connectivity index (χ0n) is 13.0. The molecule has 2 atom stereocenters. The molecule has 1 aliphatic heterocycles. The van der Waals surface area contributed by atoms with Gasteiger partial charge in [0.2, 0.25) is 10.0 Å². The lowest BCUT2D eigenvalue weighted by atomic mass is 10.0. The van der Waals surface area contributed by atoms with Crippen LogP contribution in [0.1, 0.15) is 22.3 Å². The van der Waals surface area contributed by atoms with E-state index in [0.29, 0.717) is 13.2 Å². The molecule has 0 aliphatic carbocycles. The van der Waals surface area contributed by atoms with Crippen LogP contribution in [0.3, 0.4) is 0 Å². The van der Waals surface area contributed by atoms with Crippen LogP contribution in [0, 0.1) is 20.8 Å². The predicted octanol–water partition coefficient (Wildman–Crippen LogP) is 1.45. The van der Waals surface area contributed by atoms with Crippen LogP contribution in [0.25, 0.3) is 0 Å². The average molecular weight is 313 g/mol. The fraction of sp³-hybridized carbons (Fsp3) is 0.600. The van der Waals surface area contributed by atoms with E-state index in [9.17, 15) is 8.42 Å². The molecule has 0 bridgehead atoms. The summed E-state index contributed by atoms with van der Waals surface area (Å²) in [6.45, 7) is 6.84. The number of ether oxygens (including phenoxy) is 2. The predicted molar refractivity (Wildman–Crippen MR) is 81.8 cm³/mol. The van der Waals surface area contributed by atoms with E-state index in [2.05, 4.69) is 16.9 Å². The van der Waals surface area contributed by atoms with Gasteiger partial charge in [0.05, 0.1) is 13.2 Å². The lowest BCUT2D eigenvalue weighted by Gasteiger charge is -2.18. The number of rotatable bonds is 5. The quantitative estimate of drug-likeness (QED) is 0.893. The van der Waals surface area contributed by atoms with Crippen molar-refractivity contribution < 1.29 is 17.9 Å². The number of aryl methyl sites for hydroxylation is 3. The minimum absolute atomic E-state index is 0.180. The first kappa shape index (κ1) is 16.4. The van der Waals surface area contributed by atoms with E-state index in [1.54, 1.807) is 0 Å². The Morgan fingerprint density at radius 3 is 2.43 bits per heavy atom. The molecule has 6 heteroatoms. The van der Waals surface area contributed by atoms with Gasteiger partial charge in [-0.05, 0) is 37.5 Å². The normalized spacial score (nSPS) is 22.7. The fourth-order valence-corrected chi connectivity index (χ4v) is 4.22. The third-order valence-electron chi connectivity index (χ3n) is 3.97. The van der Waals surface area contributed by atoms with Gasteiger partial charge in [-0.1, -0.05) is 17.7 Å². The first-order valence-electron chi connectivity index (χ1n) is 7.01. The van der Waals surface area contributed by atoms with Gasteiger partial charge < -0.3 is 9.47 Å². The Bertz CT molecular complexity index is 589. The molecule has 5 nitrogen and oxygen atoms in total. The van der Waals surface area contributed by atoms with Gasteiger partial charge >= 0.3 is 0 Å². The largest absolute Gasteiger partial charge is 0.378 e. The summed E-state index contributed by atoms with van der Waals surface area (Å²) in [6.07, 6.45) is -0.400. The van der Waals surface area contributed by atoms with Crippen molar-refractivity contribution in [2.24, 2.45) is 0 Å². The SMILES string of the molecule is COC1COCC1S(=O)(=O)NCc1c(C)cc(C)cc1C. The monoisotopic (exact) mass is 313 g/mol. The summed E-state index contributed by atoms with van der Waals surface area (Å²) in [7, 11) is -1.95. The van der Waals surface area contributed by atoms with E-state index >= 15 is 0 Å². The number of hydrogen-bond donors (Lipinski definition) is 1. The molecule has 0 radical (unpaired) electrons. The van der Waals surface area contributed by atoms with Gasteiger partial charge in [0.25, 0.3) is 0 Å². The molecule has 0 aromatic heterocycles. The van der Waals surface area contributed by atoms with Crippen LogP contribution in [0.5, 0.6) is 0 Å². The molecule has 118 valence electrons. The summed E-state index contributed by atoms with van der Waals surface area (Å²) in [6, 6.07) is 4.13. The minimum Gasteiger partial charge on any atom is -0.378 e. The molecule has 1 N–H and O–H groups in total. The highest BCUT2D eigenvalue weighted by Crippen LogP contribution is 2.19. The second-order valence-electron chi connectivity index (χ2n) is 5.59. The van der Waals surface area contributed by atoms with Gasteiger partial charge in [-0.2, -0.15) is 0 Å². The molecule has 2 unspecified atom stereocenters. The van der Waals surface area contributed by atoms with Gasteiger partial charge in [-0.25, -0.2) is 13.1 Å². The van der Waals surface area contributed by atoms with Crippen LogP contribution < -0.4 is 4.72 Å². The van der Waals surface area contributed by atoms with Gasteiger partial charge in [0, 0.05) is 13.7 Å². The molecule has 0 amide bonds. The highest BCUT2D eigenvalue weighted by Gasteiger charge is 2.38. The molecule has 1 aromatic rings. The highest BCUT2D eigenvalue weighted by atomic mass is 32.2. The summed E-state index contributed by atoms with van der Waals surface area (Å²) < 4.78 is 37.9. The summed E-state index contributed by atoms with van der Waals surface area (Å²) in [5, 5.41) is -0.645. The Kier molecular flexibility index (Phi) is 5.03. The first-order valence-corrected chi connectivity index (χ1v) is 8.55. The van der Waals surface area contributed by atoms with Gasteiger partial charge in [0.15, 0.2) is 0 Å². The molecular weight excluding hydrogens is 290 g/mol. The number of nitrogens with one attached hydrogen (secondary N) is 1. The second-order valence-corrected chi connectivity index (χ2v) is 7.58. The Morgan fingerprint density at radius 2 is 1.86 bits per heavy atom. The van der Waals surface area contributed by atoms with Crippen LogP contribution >= 0.6 is 0 Å². The van der Waals surface area contributed by atoms with Crippen LogP contribution in [-0.2, 0) is 26.0 Å². The summed E-state index contributed by atoms with van der Waals surface area (Å²) in [5.74, 6) is 0. The van der Waals surface area contributed by atoms with Crippen molar-refractivity contribution in [3.63, 3.8) is 0 Å². The zero-order chi connectivity index (χ0) is 15.6. The fourth-order valence-electron chi connectivity index (χ4n) is 2.79. The molecular formula is C15H23NO4S. The lowest BCUT2D eigenvalue weighted by Crippen LogP contribution is -2.41. The zero-order valence-corrected chi connectivity index (χ0v) is 13.8. The molecule has 1 fully saturated rings. The van der Waals surface area contributed by atoms with E-state index in [1.165, 1.54) is 12.7 Å². The van der Waals surface area contributed by atoms with E-state index in [-0.39, 0.29) is 6.61 Å². The summed E-state index contributed by atoms with van der Waals surface area (Å²) >= 11 is 0. The van der Waals surface area contributed by atoms with Crippen molar-refractivity contribution in [1.82, 2.24) is 4.72 Å². The first-order chi connectivity index (χ1) is 9.85. The number of sulfonamides is 1. The van der Waals surface area contributed by atoms with Gasteiger partial charge in [-0.3, -0.25) is 0 Å². The van der Waals surface area contributed by atoms with E-state index in [4.69, 9.17) is 9.47 Å². The number of methoxy groups -OCH3 is 1. The Labute approximate surface area is 126 Å². The van der Waals surface area contributed by atoms with Gasteiger partial charge in [0.1, 0.15) is 11.4 Å². The van der Waals surface area contributed by atoms with E-state index < -0.39 is 21.4 Å². The lowest BCUT2D eigenvalue weighted by molar-refractivity contribution is 0.0828. The third kappa shape index (κ3) is 3.63. The average Bonchev–Trinajstić information content (AvgIpc) is 2.86. The summed E-state index contributed by atoms with van der Waals surface area (Å²) in [5.41, 5.74) is 4.40.